The maximum Gasteiger partial charge on any atom is 0.120 e. The molecule has 0 radical (unpaired) electrons. The Morgan fingerprint density at radius 2 is 1.79 bits per heavy atom. The summed E-state index contributed by atoms with van der Waals surface area (Å²) < 4.78 is 11.1. The van der Waals surface area contributed by atoms with Gasteiger partial charge in [-0.3, -0.25) is 0 Å². The van der Waals surface area contributed by atoms with Crippen molar-refractivity contribution in [1.29, 1.82) is 0 Å². The molecule has 3 nitrogen and oxygen atoms in total. The van der Waals surface area contributed by atoms with Crippen molar-refractivity contribution >= 4 is 10.8 Å². The molecular formula is C16H21NO2. The van der Waals surface area contributed by atoms with E-state index in [-0.39, 0.29) is 0 Å². The highest BCUT2D eigenvalue weighted by Gasteiger charge is 1.97. The van der Waals surface area contributed by atoms with E-state index in [0.717, 1.165) is 25.4 Å². The topological polar surface area (TPSA) is 30.5 Å². The average molecular weight is 259 g/mol. The van der Waals surface area contributed by atoms with Crippen LogP contribution in [0.25, 0.3) is 10.8 Å². The van der Waals surface area contributed by atoms with Crippen LogP contribution in [0.2, 0.25) is 0 Å². The largest absolute Gasteiger partial charge is 0.491 e. The molecule has 0 aromatic heterocycles. The van der Waals surface area contributed by atoms with Crippen molar-refractivity contribution in [3.8, 4) is 5.75 Å². The predicted molar refractivity (Wildman–Crippen MR) is 78.8 cm³/mol. The first-order valence-corrected chi connectivity index (χ1v) is 6.80. The number of benzene rings is 2. The minimum Gasteiger partial charge on any atom is -0.491 e. The first kappa shape index (κ1) is 13.8. The van der Waals surface area contributed by atoms with Gasteiger partial charge in [0.1, 0.15) is 12.4 Å². The molecule has 0 unspecified atom stereocenters. The Kier molecular flexibility index (Phi) is 5.66. The summed E-state index contributed by atoms with van der Waals surface area (Å²) >= 11 is 0. The third-order valence-corrected chi connectivity index (χ3v) is 2.89. The zero-order valence-electron chi connectivity index (χ0n) is 11.4. The molecule has 2 rings (SSSR count). The summed E-state index contributed by atoms with van der Waals surface area (Å²) in [6, 6.07) is 14.4. The van der Waals surface area contributed by atoms with Crippen LogP contribution in [0, 0.1) is 0 Å². The van der Waals surface area contributed by atoms with Crippen molar-refractivity contribution in [1.82, 2.24) is 5.32 Å². The first-order valence-electron chi connectivity index (χ1n) is 6.80. The van der Waals surface area contributed by atoms with Gasteiger partial charge in [-0.1, -0.05) is 37.3 Å². The number of hydrogen-bond acceptors (Lipinski definition) is 3. The van der Waals surface area contributed by atoms with E-state index in [9.17, 15) is 0 Å². The van der Waals surface area contributed by atoms with Gasteiger partial charge < -0.3 is 14.8 Å². The molecule has 0 bridgehead atoms. The summed E-state index contributed by atoms with van der Waals surface area (Å²) in [5, 5.41) is 5.65. The molecule has 3 heteroatoms. The molecule has 2 aromatic carbocycles. The van der Waals surface area contributed by atoms with E-state index in [1.54, 1.807) is 0 Å². The molecule has 1 N–H and O–H groups in total. The minimum absolute atomic E-state index is 0.588. The van der Waals surface area contributed by atoms with Crippen molar-refractivity contribution < 1.29 is 9.47 Å². The summed E-state index contributed by atoms with van der Waals surface area (Å²) in [6.07, 6.45) is 0. The standard InChI is InChI=1S/C16H21NO2/c1-2-17-9-10-18-11-12-19-16-8-7-14-5-3-4-6-15(14)13-16/h3-8,13,17H,2,9-12H2,1H3. The predicted octanol–water partition coefficient (Wildman–Crippen LogP) is 2.84. The van der Waals surface area contributed by atoms with Crippen molar-refractivity contribution in [2.75, 3.05) is 32.9 Å². The molecule has 102 valence electrons. The Bertz CT molecular complexity index is 499. The fourth-order valence-corrected chi connectivity index (χ4v) is 1.90. The number of rotatable bonds is 8. The van der Waals surface area contributed by atoms with Gasteiger partial charge in [0.25, 0.3) is 0 Å². The lowest BCUT2D eigenvalue weighted by Gasteiger charge is -2.08. The average Bonchev–Trinajstić information content (AvgIpc) is 2.46. The molecule has 0 aliphatic heterocycles. The highest BCUT2D eigenvalue weighted by molar-refractivity contribution is 5.83. The Morgan fingerprint density at radius 3 is 2.63 bits per heavy atom. The summed E-state index contributed by atoms with van der Waals surface area (Å²) in [4.78, 5) is 0. The van der Waals surface area contributed by atoms with Gasteiger partial charge in [-0.25, -0.2) is 0 Å². The number of likely N-dealkylation sites (N-methyl/N-ethyl adjacent to an activating group) is 1. The fourth-order valence-electron chi connectivity index (χ4n) is 1.90. The highest BCUT2D eigenvalue weighted by atomic mass is 16.5. The zero-order valence-corrected chi connectivity index (χ0v) is 11.4. The van der Waals surface area contributed by atoms with Crippen LogP contribution < -0.4 is 10.1 Å². The third kappa shape index (κ3) is 4.54. The summed E-state index contributed by atoms with van der Waals surface area (Å²) in [7, 11) is 0. The van der Waals surface area contributed by atoms with Gasteiger partial charge in [0.2, 0.25) is 0 Å². The highest BCUT2D eigenvalue weighted by Crippen LogP contribution is 2.20. The van der Waals surface area contributed by atoms with Gasteiger partial charge in [0, 0.05) is 6.54 Å². The van der Waals surface area contributed by atoms with Crippen molar-refractivity contribution in [2.24, 2.45) is 0 Å². The lowest BCUT2D eigenvalue weighted by molar-refractivity contribution is 0.102. The molecule has 0 saturated heterocycles. The van der Waals surface area contributed by atoms with Gasteiger partial charge >= 0.3 is 0 Å². The maximum absolute atomic E-state index is 5.68. The molecular weight excluding hydrogens is 238 g/mol. The van der Waals surface area contributed by atoms with E-state index in [0.29, 0.717) is 13.2 Å². The molecule has 0 atom stereocenters. The monoisotopic (exact) mass is 259 g/mol. The van der Waals surface area contributed by atoms with E-state index in [2.05, 4.69) is 36.5 Å². The SMILES string of the molecule is CCNCCOCCOc1ccc2ccccc2c1. The molecule has 0 heterocycles. The van der Waals surface area contributed by atoms with Gasteiger partial charge in [-0.15, -0.1) is 0 Å². The van der Waals surface area contributed by atoms with Gasteiger partial charge in [-0.2, -0.15) is 0 Å². The zero-order chi connectivity index (χ0) is 13.3. The van der Waals surface area contributed by atoms with Crippen LogP contribution in [-0.4, -0.2) is 32.9 Å². The second-order valence-corrected chi connectivity index (χ2v) is 4.32. The Morgan fingerprint density at radius 1 is 0.947 bits per heavy atom. The normalized spacial score (nSPS) is 10.8. The van der Waals surface area contributed by atoms with Crippen LogP contribution in [0.5, 0.6) is 5.75 Å². The van der Waals surface area contributed by atoms with Crippen LogP contribution in [0.3, 0.4) is 0 Å². The smallest absolute Gasteiger partial charge is 0.120 e. The molecule has 0 aliphatic carbocycles. The lowest BCUT2D eigenvalue weighted by atomic mass is 10.1. The molecule has 0 fully saturated rings. The quantitative estimate of drug-likeness (QED) is 0.739. The first-order chi connectivity index (χ1) is 9.40. The van der Waals surface area contributed by atoms with Crippen molar-refractivity contribution in [3.63, 3.8) is 0 Å². The van der Waals surface area contributed by atoms with E-state index in [1.165, 1.54) is 10.8 Å². The van der Waals surface area contributed by atoms with Crippen LogP contribution in [-0.2, 0) is 4.74 Å². The number of nitrogens with one attached hydrogen (secondary N) is 1. The van der Waals surface area contributed by atoms with Crippen LogP contribution in [0.15, 0.2) is 42.5 Å². The Labute approximate surface area is 114 Å². The molecule has 0 spiro atoms. The number of fused-ring (bicyclic) bond motifs is 1. The number of ether oxygens (including phenoxy) is 2. The van der Waals surface area contributed by atoms with Gasteiger partial charge in [0.05, 0.1) is 13.2 Å². The Balaban J connectivity index is 1.72. The summed E-state index contributed by atoms with van der Waals surface area (Å²) in [5.74, 6) is 0.897. The maximum atomic E-state index is 5.68. The van der Waals surface area contributed by atoms with E-state index in [1.807, 2.05) is 18.2 Å². The molecule has 19 heavy (non-hydrogen) atoms. The lowest BCUT2D eigenvalue weighted by Crippen LogP contribution is -2.20. The van der Waals surface area contributed by atoms with Crippen LogP contribution >= 0.6 is 0 Å². The van der Waals surface area contributed by atoms with Crippen LogP contribution in [0.1, 0.15) is 6.92 Å². The van der Waals surface area contributed by atoms with Gasteiger partial charge in [0.15, 0.2) is 0 Å². The van der Waals surface area contributed by atoms with Crippen molar-refractivity contribution in [2.45, 2.75) is 6.92 Å². The van der Waals surface area contributed by atoms with Crippen molar-refractivity contribution in [3.05, 3.63) is 42.5 Å². The fraction of sp³-hybridized carbons (Fsp3) is 0.375. The second-order valence-electron chi connectivity index (χ2n) is 4.32. The Hall–Kier alpha value is -1.58. The summed E-state index contributed by atoms with van der Waals surface area (Å²) in [6.45, 7) is 5.91. The molecule has 0 aliphatic rings. The van der Waals surface area contributed by atoms with E-state index < -0.39 is 0 Å². The third-order valence-electron chi connectivity index (χ3n) is 2.89. The van der Waals surface area contributed by atoms with E-state index >= 15 is 0 Å². The van der Waals surface area contributed by atoms with Crippen LogP contribution in [0.4, 0.5) is 0 Å². The second kappa shape index (κ2) is 7.77. The molecule has 0 saturated carbocycles. The molecule has 2 aromatic rings. The number of hydrogen-bond donors (Lipinski definition) is 1. The van der Waals surface area contributed by atoms with Gasteiger partial charge in [-0.05, 0) is 29.4 Å². The van der Waals surface area contributed by atoms with E-state index in [4.69, 9.17) is 9.47 Å². The minimum atomic E-state index is 0.588. The molecule has 0 amide bonds. The summed E-state index contributed by atoms with van der Waals surface area (Å²) in [5.41, 5.74) is 0.